The number of carbonyl (C=O) groups is 1. The van der Waals surface area contributed by atoms with Gasteiger partial charge in [-0.1, -0.05) is 6.07 Å². The predicted molar refractivity (Wildman–Crippen MR) is 110 cm³/mol. The molecule has 0 unspecified atom stereocenters. The van der Waals surface area contributed by atoms with Crippen molar-refractivity contribution in [2.75, 3.05) is 18.7 Å². The molecule has 156 valence electrons. The van der Waals surface area contributed by atoms with E-state index in [0.29, 0.717) is 11.4 Å². The second-order valence-electron chi connectivity index (χ2n) is 6.46. The molecule has 2 aromatic carbocycles. The summed E-state index contributed by atoms with van der Waals surface area (Å²) >= 11 is 0. The van der Waals surface area contributed by atoms with Crippen LogP contribution >= 0.6 is 0 Å². The van der Waals surface area contributed by atoms with Gasteiger partial charge in [-0.3, -0.25) is 4.79 Å². The Balaban J connectivity index is 1.93. The van der Waals surface area contributed by atoms with Crippen LogP contribution in [-0.4, -0.2) is 32.7 Å². The number of pyridine rings is 1. The van der Waals surface area contributed by atoms with Gasteiger partial charge in [-0.25, -0.2) is 17.8 Å². The minimum atomic E-state index is -3.42. The number of sulfone groups is 1. The zero-order valence-corrected chi connectivity index (χ0v) is 17.3. The number of amides is 1. The normalized spacial score (nSPS) is 11.1. The van der Waals surface area contributed by atoms with Crippen molar-refractivity contribution in [2.45, 2.75) is 11.8 Å². The highest BCUT2D eigenvalue weighted by Crippen LogP contribution is 2.33. The number of halogens is 1. The maximum atomic E-state index is 13.4. The number of benzene rings is 2. The first-order chi connectivity index (χ1) is 14.2. The van der Waals surface area contributed by atoms with E-state index in [2.05, 4.69) is 10.3 Å². The molecular weight excluding hydrogens is 411 g/mol. The van der Waals surface area contributed by atoms with Gasteiger partial charge in [-0.05, 0) is 49.4 Å². The zero-order valence-electron chi connectivity index (χ0n) is 16.5. The van der Waals surface area contributed by atoms with Crippen LogP contribution in [0.2, 0.25) is 0 Å². The lowest BCUT2D eigenvalue weighted by atomic mass is 10.2. The topological polar surface area (TPSA) is 94.6 Å². The van der Waals surface area contributed by atoms with Gasteiger partial charge in [-0.2, -0.15) is 0 Å². The summed E-state index contributed by atoms with van der Waals surface area (Å²) in [5, 5.41) is 2.64. The summed E-state index contributed by atoms with van der Waals surface area (Å²) in [5.74, 6) is -0.725. The molecule has 0 fully saturated rings. The molecule has 1 N–H and O–H groups in total. The first kappa shape index (κ1) is 21.3. The molecule has 9 heteroatoms. The van der Waals surface area contributed by atoms with Crippen molar-refractivity contribution in [1.29, 1.82) is 0 Å². The summed E-state index contributed by atoms with van der Waals surface area (Å²) in [5.41, 5.74) is 1.01. The van der Waals surface area contributed by atoms with Crippen molar-refractivity contribution in [3.8, 4) is 17.4 Å². The average molecular weight is 430 g/mol. The molecule has 0 aliphatic heterocycles. The van der Waals surface area contributed by atoms with Crippen LogP contribution in [0.1, 0.15) is 16.1 Å². The fourth-order valence-corrected chi connectivity index (χ4v) is 3.28. The lowest BCUT2D eigenvalue weighted by Gasteiger charge is -2.13. The number of anilines is 1. The summed E-state index contributed by atoms with van der Waals surface area (Å²) in [6, 6.07) is 12.8. The smallest absolute Gasteiger partial charge is 0.261 e. The van der Waals surface area contributed by atoms with Gasteiger partial charge < -0.3 is 14.8 Å². The molecule has 1 aromatic heterocycles. The van der Waals surface area contributed by atoms with E-state index < -0.39 is 21.6 Å². The van der Waals surface area contributed by atoms with Crippen LogP contribution in [0.3, 0.4) is 0 Å². The van der Waals surface area contributed by atoms with Gasteiger partial charge in [-0.15, -0.1) is 0 Å². The minimum Gasteiger partial charge on any atom is -0.493 e. The maximum Gasteiger partial charge on any atom is 0.261 e. The molecule has 30 heavy (non-hydrogen) atoms. The molecule has 0 aliphatic rings. The van der Waals surface area contributed by atoms with E-state index in [1.807, 2.05) is 0 Å². The fraction of sp³-hybridized carbons (Fsp3) is 0.143. The van der Waals surface area contributed by atoms with Gasteiger partial charge in [0.2, 0.25) is 5.88 Å². The summed E-state index contributed by atoms with van der Waals surface area (Å²) < 4.78 is 47.8. The average Bonchev–Trinajstić information content (AvgIpc) is 2.69. The quantitative estimate of drug-likeness (QED) is 0.636. The molecule has 1 amide bonds. The Hall–Kier alpha value is -3.46. The molecule has 3 rings (SSSR count). The fourth-order valence-electron chi connectivity index (χ4n) is 2.62. The van der Waals surface area contributed by atoms with E-state index in [1.54, 1.807) is 19.1 Å². The summed E-state index contributed by atoms with van der Waals surface area (Å²) in [7, 11) is -2.06. The second-order valence-corrected chi connectivity index (χ2v) is 8.47. The zero-order chi connectivity index (χ0) is 21.9. The van der Waals surface area contributed by atoms with E-state index in [4.69, 9.17) is 9.47 Å². The Morgan fingerprint density at radius 3 is 2.53 bits per heavy atom. The second kappa shape index (κ2) is 8.50. The van der Waals surface area contributed by atoms with E-state index in [-0.39, 0.29) is 27.8 Å². The third-order valence-corrected chi connectivity index (χ3v) is 5.21. The van der Waals surface area contributed by atoms with Gasteiger partial charge in [0.15, 0.2) is 21.3 Å². The molecule has 0 saturated carbocycles. The van der Waals surface area contributed by atoms with Crippen molar-refractivity contribution in [3.05, 3.63) is 71.7 Å². The lowest BCUT2D eigenvalue weighted by Crippen LogP contribution is -2.14. The Morgan fingerprint density at radius 1 is 1.07 bits per heavy atom. The van der Waals surface area contributed by atoms with Crippen LogP contribution in [0.4, 0.5) is 10.1 Å². The number of aryl methyl sites for hydroxylation is 1. The number of methoxy groups -OCH3 is 1. The number of hydrogen-bond acceptors (Lipinski definition) is 6. The first-order valence-corrected chi connectivity index (χ1v) is 10.7. The van der Waals surface area contributed by atoms with Crippen molar-refractivity contribution >= 4 is 21.4 Å². The SMILES string of the molecule is COc1cc(F)ccc1Oc1nc(C)ccc1C(=O)Nc1cccc(S(C)(=O)=O)c1. The molecule has 0 spiro atoms. The Kier molecular flexibility index (Phi) is 6.02. The highest BCUT2D eigenvalue weighted by Gasteiger charge is 2.18. The standard InChI is InChI=1S/C21H19FN2O5S/c1-13-7-9-17(20(25)24-15-5-4-6-16(12-15)30(3,26)27)21(23-13)29-18-10-8-14(22)11-19(18)28-2/h4-12H,1-3H3,(H,24,25). The van der Waals surface area contributed by atoms with Gasteiger partial charge in [0.05, 0.1) is 12.0 Å². The van der Waals surface area contributed by atoms with Crippen molar-refractivity contribution in [3.63, 3.8) is 0 Å². The van der Waals surface area contributed by atoms with Crippen LogP contribution in [0.5, 0.6) is 17.4 Å². The third-order valence-electron chi connectivity index (χ3n) is 4.10. The third kappa shape index (κ3) is 4.93. The number of ether oxygens (including phenoxy) is 2. The molecule has 0 saturated heterocycles. The highest BCUT2D eigenvalue weighted by atomic mass is 32.2. The van der Waals surface area contributed by atoms with Crippen LogP contribution in [0, 0.1) is 12.7 Å². The van der Waals surface area contributed by atoms with Gasteiger partial charge in [0, 0.05) is 23.7 Å². The van der Waals surface area contributed by atoms with Gasteiger partial charge in [0.25, 0.3) is 5.91 Å². The van der Waals surface area contributed by atoms with E-state index >= 15 is 0 Å². The Bertz CT molecular complexity index is 1210. The molecule has 0 radical (unpaired) electrons. The number of rotatable bonds is 6. The highest BCUT2D eigenvalue weighted by molar-refractivity contribution is 7.90. The number of nitrogens with zero attached hydrogens (tertiary/aromatic N) is 1. The summed E-state index contributed by atoms with van der Waals surface area (Å²) in [6.45, 7) is 1.73. The molecule has 7 nitrogen and oxygen atoms in total. The molecular formula is C21H19FN2O5S. The van der Waals surface area contributed by atoms with E-state index in [1.165, 1.54) is 43.5 Å². The predicted octanol–water partition coefficient (Wildman–Crippen LogP) is 3.99. The largest absolute Gasteiger partial charge is 0.493 e. The number of aromatic nitrogens is 1. The van der Waals surface area contributed by atoms with Gasteiger partial charge in [0.1, 0.15) is 11.4 Å². The number of carbonyl (C=O) groups excluding carboxylic acids is 1. The lowest BCUT2D eigenvalue weighted by molar-refractivity contribution is 0.102. The molecule has 3 aromatic rings. The molecule has 0 bridgehead atoms. The number of nitrogens with one attached hydrogen (secondary N) is 1. The minimum absolute atomic E-state index is 0.00308. The Labute approximate surface area is 173 Å². The van der Waals surface area contributed by atoms with Crippen LogP contribution in [0.15, 0.2) is 59.5 Å². The molecule has 0 aliphatic carbocycles. The maximum absolute atomic E-state index is 13.4. The van der Waals surface area contributed by atoms with Crippen LogP contribution in [-0.2, 0) is 9.84 Å². The monoisotopic (exact) mass is 430 g/mol. The van der Waals surface area contributed by atoms with Crippen LogP contribution < -0.4 is 14.8 Å². The van der Waals surface area contributed by atoms with E-state index in [9.17, 15) is 17.6 Å². The van der Waals surface area contributed by atoms with Crippen molar-refractivity contribution in [1.82, 2.24) is 4.98 Å². The number of hydrogen-bond donors (Lipinski definition) is 1. The van der Waals surface area contributed by atoms with Gasteiger partial charge >= 0.3 is 0 Å². The summed E-state index contributed by atoms with van der Waals surface area (Å²) in [6.07, 6.45) is 1.08. The molecule has 0 atom stereocenters. The first-order valence-electron chi connectivity index (χ1n) is 8.78. The van der Waals surface area contributed by atoms with E-state index in [0.717, 1.165) is 12.3 Å². The Morgan fingerprint density at radius 2 is 1.83 bits per heavy atom. The van der Waals surface area contributed by atoms with Crippen LogP contribution in [0.25, 0.3) is 0 Å². The van der Waals surface area contributed by atoms with Crippen molar-refractivity contribution < 1.29 is 27.1 Å². The molecule has 1 heterocycles. The van der Waals surface area contributed by atoms with Crippen molar-refractivity contribution in [2.24, 2.45) is 0 Å². The summed E-state index contributed by atoms with van der Waals surface area (Å²) in [4.78, 5) is 17.2.